The molecule has 1 atom stereocenters. The van der Waals surface area contributed by atoms with Gasteiger partial charge in [-0.05, 0) is 33.3 Å². The predicted molar refractivity (Wildman–Crippen MR) is 88.8 cm³/mol. The van der Waals surface area contributed by atoms with Gasteiger partial charge in [-0.3, -0.25) is 9.59 Å². The number of thioether (sulfide) groups is 1. The van der Waals surface area contributed by atoms with Gasteiger partial charge in [0.1, 0.15) is 6.61 Å². The van der Waals surface area contributed by atoms with Crippen LogP contribution in [0.5, 0.6) is 5.88 Å². The molecule has 1 saturated heterocycles. The van der Waals surface area contributed by atoms with E-state index in [1.54, 1.807) is 12.1 Å². The number of rotatable bonds is 6. The molecular formula is C16H22N2O4S. The molecule has 1 fully saturated rings. The number of ether oxygens (including phenoxy) is 2. The van der Waals surface area contributed by atoms with Gasteiger partial charge in [0.2, 0.25) is 11.0 Å². The smallest absolute Gasteiger partial charge is 0.253 e. The fourth-order valence-corrected chi connectivity index (χ4v) is 2.90. The fraction of sp³-hybridized carbons (Fsp3) is 0.562. The Morgan fingerprint density at radius 1 is 1.39 bits per heavy atom. The van der Waals surface area contributed by atoms with Crippen LogP contribution in [0.2, 0.25) is 0 Å². The molecular weight excluding hydrogens is 316 g/mol. The Labute approximate surface area is 140 Å². The number of hydrogen-bond acceptors (Lipinski definition) is 6. The summed E-state index contributed by atoms with van der Waals surface area (Å²) in [6.45, 7) is 6.79. The van der Waals surface area contributed by atoms with Gasteiger partial charge in [-0.15, -0.1) is 0 Å². The molecule has 1 N–H and O–H groups in total. The average Bonchev–Trinajstić information content (AvgIpc) is 2.88. The molecule has 0 unspecified atom stereocenters. The third kappa shape index (κ3) is 5.84. The van der Waals surface area contributed by atoms with E-state index in [0.717, 1.165) is 5.75 Å². The lowest BCUT2D eigenvalue weighted by Crippen LogP contribution is -2.37. The van der Waals surface area contributed by atoms with Gasteiger partial charge in [0.25, 0.3) is 5.91 Å². The summed E-state index contributed by atoms with van der Waals surface area (Å²) in [4.78, 5) is 27.7. The monoisotopic (exact) mass is 338 g/mol. The van der Waals surface area contributed by atoms with Crippen molar-refractivity contribution < 1.29 is 19.1 Å². The van der Waals surface area contributed by atoms with Crippen LogP contribution in [0.4, 0.5) is 0 Å². The molecule has 2 rings (SSSR count). The number of nitrogens with zero attached hydrogens (tertiary/aromatic N) is 1. The van der Waals surface area contributed by atoms with Crippen molar-refractivity contribution >= 4 is 22.8 Å². The van der Waals surface area contributed by atoms with Crippen LogP contribution in [0, 0.1) is 0 Å². The van der Waals surface area contributed by atoms with Gasteiger partial charge in [-0.1, -0.05) is 11.8 Å². The normalized spacial score (nSPS) is 18.0. The maximum Gasteiger partial charge on any atom is 0.253 e. The van der Waals surface area contributed by atoms with E-state index in [-0.39, 0.29) is 16.6 Å². The van der Waals surface area contributed by atoms with E-state index >= 15 is 0 Å². The Morgan fingerprint density at radius 2 is 2.17 bits per heavy atom. The molecule has 0 aromatic carbocycles. The first-order valence-corrected chi connectivity index (χ1v) is 8.54. The van der Waals surface area contributed by atoms with Crippen LogP contribution in [0.25, 0.3) is 0 Å². The van der Waals surface area contributed by atoms with Crippen LogP contribution in [-0.2, 0) is 9.53 Å². The van der Waals surface area contributed by atoms with Crippen LogP contribution in [0.1, 0.15) is 37.6 Å². The third-order valence-electron chi connectivity index (χ3n) is 3.11. The van der Waals surface area contributed by atoms with Gasteiger partial charge in [-0.25, -0.2) is 4.98 Å². The van der Waals surface area contributed by atoms with E-state index in [1.165, 1.54) is 18.0 Å². The molecule has 0 aliphatic carbocycles. The minimum absolute atomic E-state index is 0.0186. The van der Waals surface area contributed by atoms with Gasteiger partial charge >= 0.3 is 0 Å². The van der Waals surface area contributed by atoms with E-state index in [9.17, 15) is 9.59 Å². The van der Waals surface area contributed by atoms with Crippen LogP contribution in [0.15, 0.2) is 18.3 Å². The number of aromatic nitrogens is 1. The summed E-state index contributed by atoms with van der Waals surface area (Å²) in [5.74, 6) is 0.901. The Hall–Kier alpha value is -1.60. The summed E-state index contributed by atoms with van der Waals surface area (Å²) in [6.07, 6.45) is 2.12. The zero-order valence-electron chi connectivity index (χ0n) is 13.6. The van der Waals surface area contributed by atoms with Crippen molar-refractivity contribution in [3.63, 3.8) is 0 Å². The Balaban J connectivity index is 1.79. The molecule has 23 heavy (non-hydrogen) atoms. The van der Waals surface area contributed by atoms with E-state index in [2.05, 4.69) is 10.3 Å². The molecule has 0 radical (unpaired) electrons. The van der Waals surface area contributed by atoms with Crippen molar-refractivity contribution in [3.8, 4) is 5.88 Å². The minimum Gasteiger partial charge on any atom is -0.475 e. The van der Waals surface area contributed by atoms with Crippen molar-refractivity contribution in [2.75, 3.05) is 19.0 Å². The van der Waals surface area contributed by atoms with Crippen LogP contribution >= 0.6 is 11.8 Å². The zero-order chi connectivity index (χ0) is 16.9. The number of carbonyl (C=O) groups excluding carboxylic acids is 2. The van der Waals surface area contributed by atoms with E-state index in [4.69, 9.17) is 9.47 Å². The summed E-state index contributed by atoms with van der Waals surface area (Å²) in [7, 11) is 0. The van der Waals surface area contributed by atoms with Crippen LogP contribution in [0.3, 0.4) is 0 Å². The highest BCUT2D eigenvalue weighted by Gasteiger charge is 2.27. The Kier molecular flexibility index (Phi) is 6.01. The quantitative estimate of drug-likeness (QED) is 0.800. The molecule has 0 bridgehead atoms. The lowest BCUT2D eigenvalue weighted by molar-refractivity contribution is -0.112. The molecule has 2 heterocycles. The van der Waals surface area contributed by atoms with Gasteiger partial charge in [0.15, 0.2) is 0 Å². The summed E-state index contributed by atoms with van der Waals surface area (Å²) in [6, 6.07) is 2.88. The van der Waals surface area contributed by atoms with Crippen molar-refractivity contribution in [1.29, 1.82) is 0 Å². The Bertz CT molecular complexity index is 554. The van der Waals surface area contributed by atoms with Gasteiger partial charge in [0.05, 0.1) is 23.8 Å². The lowest BCUT2D eigenvalue weighted by atomic mass is 10.2. The van der Waals surface area contributed by atoms with Gasteiger partial charge < -0.3 is 14.8 Å². The molecule has 1 aliphatic heterocycles. The SMILES string of the molecule is CC(C)(C)OCCOc1ccc(C(=O)N[C@@H]2CCSC2=O)cn1. The minimum atomic E-state index is -0.391. The maximum absolute atomic E-state index is 12.1. The van der Waals surface area contributed by atoms with Crippen molar-refractivity contribution in [2.24, 2.45) is 0 Å². The first-order chi connectivity index (χ1) is 10.8. The standard InChI is InChI=1S/C16H22N2O4S/c1-16(2,3)22-8-7-21-13-5-4-11(10-17-13)14(19)18-12-6-9-23-15(12)20/h4-5,10,12H,6-9H2,1-3H3,(H,18,19)/t12-/m1/s1. The zero-order valence-corrected chi connectivity index (χ0v) is 14.4. The summed E-state index contributed by atoms with van der Waals surface area (Å²) < 4.78 is 11.0. The largest absolute Gasteiger partial charge is 0.475 e. The van der Waals surface area contributed by atoms with Gasteiger partial charge in [0, 0.05) is 18.0 Å². The van der Waals surface area contributed by atoms with Crippen LogP contribution < -0.4 is 10.1 Å². The molecule has 6 nitrogen and oxygen atoms in total. The topological polar surface area (TPSA) is 77.5 Å². The molecule has 1 aliphatic rings. The van der Waals surface area contributed by atoms with Crippen molar-refractivity contribution in [1.82, 2.24) is 10.3 Å². The molecule has 1 aromatic rings. The number of pyridine rings is 1. The maximum atomic E-state index is 12.1. The molecule has 1 aromatic heterocycles. The van der Waals surface area contributed by atoms with Crippen LogP contribution in [-0.4, -0.2) is 46.6 Å². The number of carbonyl (C=O) groups is 2. The number of nitrogens with one attached hydrogen (secondary N) is 1. The van der Waals surface area contributed by atoms with Crippen molar-refractivity contribution in [3.05, 3.63) is 23.9 Å². The molecule has 126 valence electrons. The fourth-order valence-electron chi connectivity index (χ4n) is 1.96. The number of amides is 1. The lowest BCUT2D eigenvalue weighted by Gasteiger charge is -2.19. The number of hydrogen-bond donors (Lipinski definition) is 1. The highest BCUT2D eigenvalue weighted by Crippen LogP contribution is 2.20. The first-order valence-electron chi connectivity index (χ1n) is 7.55. The van der Waals surface area contributed by atoms with E-state index in [1.807, 2.05) is 20.8 Å². The highest BCUT2D eigenvalue weighted by atomic mass is 32.2. The second-order valence-corrected chi connectivity index (χ2v) is 7.28. The summed E-state index contributed by atoms with van der Waals surface area (Å²) >= 11 is 1.26. The summed E-state index contributed by atoms with van der Waals surface area (Å²) in [5.41, 5.74) is 0.210. The highest BCUT2D eigenvalue weighted by molar-refractivity contribution is 8.14. The second-order valence-electron chi connectivity index (χ2n) is 6.18. The van der Waals surface area contributed by atoms with E-state index < -0.39 is 6.04 Å². The summed E-state index contributed by atoms with van der Waals surface area (Å²) in [5, 5.41) is 2.74. The first kappa shape index (κ1) is 17.7. The van der Waals surface area contributed by atoms with E-state index in [0.29, 0.717) is 31.1 Å². The van der Waals surface area contributed by atoms with Crippen molar-refractivity contribution in [2.45, 2.75) is 38.8 Å². The van der Waals surface area contributed by atoms with Gasteiger partial charge in [-0.2, -0.15) is 0 Å². The predicted octanol–water partition coefficient (Wildman–Crippen LogP) is 2.04. The Morgan fingerprint density at radius 3 is 2.74 bits per heavy atom. The average molecular weight is 338 g/mol. The molecule has 7 heteroatoms. The molecule has 1 amide bonds. The second kappa shape index (κ2) is 7.79. The molecule has 0 saturated carbocycles. The molecule has 0 spiro atoms. The third-order valence-corrected chi connectivity index (χ3v) is 4.12.